The molecule has 2 aromatic carbocycles. The Hall–Kier alpha value is -3.39. The lowest BCUT2D eigenvalue weighted by Crippen LogP contribution is -2.01. The number of para-hydroxylation sites is 1. The van der Waals surface area contributed by atoms with E-state index < -0.39 is 0 Å². The molecule has 0 spiro atoms. The summed E-state index contributed by atoms with van der Waals surface area (Å²) >= 11 is 1.70. The van der Waals surface area contributed by atoms with Gasteiger partial charge in [-0.3, -0.25) is 4.98 Å². The highest BCUT2D eigenvalue weighted by atomic mass is 32.2. The average Bonchev–Trinajstić information content (AvgIpc) is 3.28. The zero-order chi connectivity index (χ0) is 20.4. The van der Waals surface area contributed by atoms with Gasteiger partial charge in [0.05, 0.1) is 18.6 Å². The van der Waals surface area contributed by atoms with Gasteiger partial charge in [0.2, 0.25) is 11.8 Å². The molecular formula is C22H21N5O2S. The van der Waals surface area contributed by atoms with Gasteiger partial charge in [0.1, 0.15) is 11.6 Å². The molecule has 0 aliphatic rings. The number of rotatable bonds is 10. The van der Waals surface area contributed by atoms with E-state index in [1.807, 2.05) is 54.6 Å². The Balaban J connectivity index is 1.22. The number of benzene rings is 2. The molecular weight excluding hydrogens is 398 g/mol. The lowest BCUT2D eigenvalue weighted by molar-refractivity contribution is 0.344. The third-order valence-electron chi connectivity index (χ3n) is 4.17. The summed E-state index contributed by atoms with van der Waals surface area (Å²) in [6, 6.07) is 17.8. The van der Waals surface area contributed by atoms with Gasteiger partial charge in [-0.15, -0.1) is 22.0 Å². The highest BCUT2D eigenvalue weighted by molar-refractivity contribution is 7.98. The molecule has 0 radical (unpaired) electrons. The van der Waals surface area contributed by atoms with E-state index in [9.17, 15) is 0 Å². The van der Waals surface area contributed by atoms with Crippen LogP contribution < -0.4 is 10.1 Å². The van der Waals surface area contributed by atoms with Gasteiger partial charge in [0, 0.05) is 30.3 Å². The first kappa shape index (κ1) is 19.9. The molecule has 0 aliphatic heterocycles. The number of aromatic nitrogens is 4. The molecule has 0 saturated heterocycles. The molecule has 4 aromatic rings. The van der Waals surface area contributed by atoms with Crippen LogP contribution in [0, 0.1) is 0 Å². The van der Waals surface area contributed by atoms with Crippen LogP contribution in [0.2, 0.25) is 0 Å². The maximum atomic E-state index is 5.79. The molecule has 0 saturated carbocycles. The van der Waals surface area contributed by atoms with Gasteiger partial charge in [-0.2, -0.15) is 0 Å². The first-order chi connectivity index (χ1) is 14.9. The molecule has 30 heavy (non-hydrogen) atoms. The van der Waals surface area contributed by atoms with Gasteiger partial charge in [0.15, 0.2) is 0 Å². The van der Waals surface area contributed by atoms with E-state index in [-0.39, 0.29) is 0 Å². The lowest BCUT2D eigenvalue weighted by Gasteiger charge is -2.05. The van der Waals surface area contributed by atoms with Crippen LogP contribution in [0.25, 0.3) is 11.5 Å². The Bertz CT molecular complexity index is 1030. The normalized spacial score (nSPS) is 10.7. The van der Waals surface area contributed by atoms with Crippen molar-refractivity contribution in [3.05, 3.63) is 84.6 Å². The van der Waals surface area contributed by atoms with Gasteiger partial charge >= 0.3 is 0 Å². The standard InChI is InChI=1S/C22H21N5O2S/c1-2-4-19(5-3-1)28-12-13-30-16-21-26-27-22(29-21)18-8-6-17(7-9-18)14-25-20-15-23-10-11-24-20/h1-11,15H,12-14,16H2,(H,24,25). The molecule has 2 aromatic heterocycles. The van der Waals surface area contributed by atoms with Crippen molar-refractivity contribution in [2.24, 2.45) is 0 Å². The van der Waals surface area contributed by atoms with Crippen LogP contribution in [0.5, 0.6) is 5.75 Å². The quantitative estimate of drug-likeness (QED) is 0.377. The monoisotopic (exact) mass is 419 g/mol. The fourth-order valence-electron chi connectivity index (χ4n) is 2.67. The molecule has 0 unspecified atom stereocenters. The highest BCUT2D eigenvalue weighted by Gasteiger charge is 2.09. The van der Waals surface area contributed by atoms with E-state index in [1.54, 1.807) is 30.4 Å². The first-order valence-corrected chi connectivity index (χ1v) is 10.7. The van der Waals surface area contributed by atoms with Crippen LogP contribution in [0.1, 0.15) is 11.5 Å². The number of thioether (sulfide) groups is 1. The van der Waals surface area contributed by atoms with Crippen molar-refractivity contribution in [2.45, 2.75) is 12.3 Å². The zero-order valence-corrected chi connectivity index (χ0v) is 17.1. The second-order valence-corrected chi connectivity index (χ2v) is 7.46. The summed E-state index contributed by atoms with van der Waals surface area (Å²) in [5.41, 5.74) is 2.02. The summed E-state index contributed by atoms with van der Waals surface area (Å²) < 4.78 is 11.5. The van der Waals surface area contributed by atoms with Crippen LogP contribution in [0.15, 0.2) is 77.6 Å². The Morgan fingerprint density at radius 3 is 2.63 bits per heavy atom. The van der Waals surface area contributed by atoms with Crippen LogP contribution in [0.3, 0.4) is 0 Å². The van der Waals surface area contributed by atoms with E-state index in [4.69, 9.17) is 9.15 Å². The topological polar surface area (TPSA) is 86.0 Å². The number of nitrogens with one attached hydrogen (secondary N) is 1. The van der Waals surface area contributed by atoms with E-state index in [0.717, 1.165) is 28.4 Å². The number of nitrogens with zero attached hydrogens (tertiary/aromatic N) is 4. The fourth-order valence-corrected chi connectivity index (χ4v) is 3.31. The van der Waals surface area contributed by atoms with Gasteiger partial charge in [-0.1, -0.05) is 30.3 Å². The molecule has 2 heterocycles. The summed E-state index contributed by atoms with van der Waals surface area (Å²) in [5.74, 6) is 4.27. The molecule has 0 aliphatic carbocycles. The minimum atomic E-state index is 0.527. The molecule has 4 rings (SSSR count). The Kier molecular flexibility index (Phi) is 6.90. The third-order valence-corrected chi connectivity index (χ3v) is 5.08. The van der Waals surface area contributed by atoms with E-state index in [0.29, 0.717) is 30.7 Å². The largest absolute Gasteiger partial charge is 0.493 e. The molecule has 0 amide bonds. The van der Waals surface area contributed by atoms with Crippen LogP contribution in [-0.4, -0.2) is 32.5 Å². The molecule has 0 bridgehead atoms. The maximum absolute atomic E-state index is 5.79. The lowest BCUT2D eigenvalue weighted by atomic mass is 10.1. The molecule has 152 valence electrons. The summed E-state index contributed by atoms with van der Waals surface area (Å²) in [5, 5.41) is 11.5. The zero-order valence-electron chi connectivity index (χ0n) is 16.3. The average molecular weight is 420 g/mol. The third kappa shape index (κ3) is 5.81. The van der Waals surface area contributed by atoms with Crippen molar-refractivity contribution in [3.63, 3.8) is 0 Å². The fraction of sp³-hybridized carbons (Fsp3) is 0.182. The van der Waals surface area contributed by atoms with Crippen molar-refractivity contribution in [1.29, 1.82) is 0 Å². The minimum absolute atomic E-state index is 0.527. The summed E-state index contributed by atoms with van der Waals surface area (Å²) in [6.07, 6.45) is 5.00. The molecule has 7 nitrogen and oxygen atoms in total. The minimum Gasteiger partial charge on any atom is -0.493 e. The summed E-state index contributed by atoms with van der Waals surface area (Å²) in [4.78, 5) is 8.23. The SMILES string of the molecule is c1ccc(OCCSCc2nnc(-c3ccc(CNc4cnccn4)cc3)o2)cc1. The molecule has 0 fully saturated rings. The van der Waals surface area contributed by atoms with Crippen LogP contribution in [0.4, 0.5) is 5.82 Å². The number of hydrogen-bond acceptors (Lipinski definition) is 8. The van der Waals surface area contributed by atoms with Gasteiger partial charge < -0.3 is 14.5 Å². The van der Waals surface area contributed by atoms with Crippen LogP contribution >= 0.6 is 11.8 Å². The van der Waals surface area contributed by atoms with Gasteiger partial charge in [-0.05, 0) is 29.8 Å². The smallest absolute Gasteiger partial charge is 0.247 e. The van der Waals surface area contributed by atoms with Gasteiger partial charge in [0.25, 0.3) is 0 Å². The first-order valence-electron chi connectivity index (χ1n) is 9.54. The highest BCUT2D eigenvalue weighted by Crippen LogP contribution is 2.21. The van der Waals surface area contributed by atoms with Crippen molar-refractivity contribution in [3.8, 4) is 17.2 Å². The van der Waals surface area contributed by atoms with Crippen molar-refractivity contribution in [2.75, 3.05) is 17.7 Å². The summed E-state index contributed by atoms with van der Waals surface area (Å²) in [7, 11) is 0. The molecule has 0 atom stereocenters. The van der Waals surface area contributed by atoms with Crippen LogP contribution in [-0.2, 0) is 12.3 Å². The second kappa shape index (κ2) is 10.4. The Morgan fingerprint density at radius 1 is 0.967 bits per heavy atom. The van der Waals surface area contributed by atoms with E-state index >= 15 is 0 Å². The van der Waals surface area contributed by atoms with E-state index in [1.165, 1.54) is 0 Å². The summed E-state index contributed by atoms with van der Waals surface area (Å²) in [6.45, 7) is 1.30. The second-order valence-electron chi connectivity index (χ2n) is 6.36. The number of anilines is 1. The van der Waals surface area contributed by atoms with Crippen molar-refractivity contribution < 1.29 is 9.15 Å². The molecule has 1 N–H and O–H groups in total. The van der Waals surface area contributed by atoms with Gasteiger partial charge in [-0.25, -0.2) is 4.98 Å². The number of hydrogen-bond donors (Lipinski definition) is 1. The van der Waals surface area contributed by atoms with E-state index in [2.05, 4.69) is 25.5 Å². The molecule has 8 heteroatoms. The Labute approximate surface area is 178 Å². The number of ether oxygens (including phenoxy) is 1. The predicted molar refractivity (Wildman–Crippen MR) is 117 cm³/mol. The predicted octanol–water partition coefficient (Wildman–Crippen LogP) is 4.45. The van der Waals surface area contributed by atoms with Crippen molar-refractivity contribution in [1.82, 2.24) is 20.2 Å². The Morgan fingerprint density at radius 2 is 1.83 bits per heavy atom. The van der Waals surface area contributed by atoms with Crippen molar-refractivity contribution >= 4 is 17.6 Å². The maximum Gasteiger partial charge on any atom is 0.247 e.